The lowest BCUT2D eigenvalue weighted by atomic mass is 10.1. The highest BCUT2D eigenvalue weighted by atomic mass is 79.9. The Bertz CT molecular complexity index is 511. The van der Waals surface area contributed by atoms with Gasteiger partial charge in [-0.25, -0.2) is 9.67 Å². The van der Waals surface area contributed by atoms with Gasteiger partial charge in [-0.05, 0) is 45.0 Å². The van der Waals surface area contributed by atoms with Gasteiger partial charge in [0.2, 0.25) is 0 Å². The molecule has 96 valence electrons. The van der Waals surface area contributed by atoms with Gasteiger partial charge in [0, 0.05) is 10.0 Å². The number of hydrogen-bond acceptors (Lipinski definition) is 3. The number of halogens is 1. The van der Waals surface area contributed by atoms with E-state index in [9.17, 15) is 0 Å². The number of aromatic nitrogens is 3. The van der Waals surface area contributed by atoms with Gasteiger partial charge in [-0.15, -0.1) is 0 Å². The van der Waals surface area contributed by atoms with Gasteiger partial charge in [0.25, 0.3) is 0 Å². The first-order valence-electron chi connectivity index (χ1n) is 5.85. The highest BCUT2D eigenvalue weighted by Crippen LogP contribution is 2.14. The lowest BCUT2D eigenvalue weighted by Gasteiger charge is -2.20. The van der Waals surface area contributed by atoms with E-state index in [4.69, 9.17) is 0 Å². The van der Waals surface area contributed by atoms with Crippen molar-refractivity contribution in [2.45, 2.75) is 32.9 Å². The molecule has 1 heterocycles. The molecule has 0 aliphatic carbocycles. The van der Waals surface area contributed by atoms with Crippen molar-refractivity contribution in [3.8, 4) is 5.69 Å². The first kappa shape index (κ1) is 13.2. The molecule has 4 nitrogen and oxygen atoms in total. The number of rotatable bonds is 3. The van der Waals surface area contributed by atoms with Crippen LogP contribution in [0.1, 0.15) is 26.6 Å². The molecule has 1 aromatic carbocycles. The summed E-state index contributed by atoms with van der Waals surface area (Å²) in [7, 11) is 0. The third kappa shape index (κ3) is 3.40. The van der Waals surface area contributed by atoms with Crippen molar-refractivity contribution in [3.05, 3.63) is 40.9 Å². The maximum Gasteiger partial charge on any atom is 0.146 e. The second-order valence-corrected chi connectivity index (χ2v) is 6.08. The second kappa shape index (κ2) is 5.20. The van der Waals surface area contributed by atoms with Crippen LogP contribution in [0.25, 0.3) is 5.69 Å². The fraction of sp³-hybridized carbons (Fsp3) is 0.385. The zero-order valence-corrected chi connectivity index (χ0v) is 12.4. The van der Waals surface area contributed by atoms with Crippen LogP contribution in [0.5, 0.6) is 0 Å². The molecule has 0 fully saturated rings. The molecule has 1 aromatic heterocycles. The lowest BCUT2D eigenvalue weighted by molar-refractivity contribution is 0.415. The summed E-state index contributed by atoms with van der Waals surface area (Å²) in [5.41, 5.74) is 1.08. The Morgan fingerprint density at radius 3 is 2.50 bits per heavy atom. The van der Waals surface area contributed by atoms with Crippen LogP contribution in [0.3, 0.4) is 0 Å². The highest BCUT2D eigenvalue weighted by Gasteiger charge is 2.12. The monoisotopic (exact) mass is 308 g/mol. The molecular formula is C13H17BrN4. The van der Waals surface area contributed by atoms with Crippen molar-refractivity contribution >= 4 is 15.9 Å². The van der Waals surface area contributed by atoms with Gasteiger partial charge in [0.05, 0.1) is 12.2 Å². The van der Waals surface area contributed by atoms with Crippen LogP contribution in [-0.2, 0) is 6.54 Å². The fourth-order valence-electron chi connectivity index (χ4n) is 1.53. The lowest BCUT2D eigenvalue weighted by Crippen LogP contribution is -2.35. The van der Waals surface area contributed by atoms with Crippen molar-refractivity contribution in [1.82, 2.24) is 20.1 Å². The third-order valence-electron chi connectivity index (χ3n) is 2.47. The average Bonchev–Trinajstić information content (AvgIpc) is 2.75. The van der Waals surface area contributed by atoms with Crippen LogP contribution in [0.2, 0.25) is 0 Å². The van der Waals surface area contributed by atoms with E-state index in [0.29, 0.717) is 6.54 Å². The molecule has 2 aromatic rings. The topological polar surface area (TPSA) is 42.7 Å². The molecule has 0 unspecified atom stereocenters. The van der Waals surface area contributed by atoms with Crippen LogP contribution < -0.4 is 5.32 Å². The highest BCUT2D eigenvalue weighted by molar-refractivity contribution is 9.10. The van der Waals surface area contributed by atoms with E-state index in [-0.39, 0.29) is 5.54 Å². The molecule has 0 bridgehead atoms. The maximum absolute atomic E-state index is 4.30. The molecule has 0 radical (unpaired) electrons. The minimum absolute atomic E-state index is 0.0660. The van der Waals surface area contributed by atoms with Crippen molar-refractivity contribution in [2.75, 3.05) is 0 Å². The van der Waals surface area contributed by atoms with Gasteiger partial charge >= 0.3 is 0 Å². The first-order chi connectivity index (χ1) is 8.46. The van der Waals surface area contributed by atoms with E-state index < -0.39 is 0 Å². The molecule has 18 heavy (non-hydrogen) atoms. The minimum Gasteiger partial charge on any atom is -0.305 e. The van der Waals surface area contributed by atoms with Crippen LogP contribution in [0.4, 0.5) is 0 Å². The molecule has 5 heteroatoms. The summed E-state index contributed by atoms with van der Waals surface area (Å²) >= 11 is 3.43. The number of nitrogens with zero attached hydrogens (tertiary/aromatic N) is 3. The van der Waals surface area contributed by atoms with Crippen molar-refractivity contribution in [3.63, 3.8) is 0 Å². The fourth-order valence-corrected chi connectivity index (χ4v) is 1.79. The second-order valence-electron chi connectivity index (χ2n) is 5.17. The van der Waals surface area contributed by atoms with E-state index in [1.54, 1.807) is 6.33 Å². The molecule has 0 spiro atoms. The van der Waals surface area contributed by atoms with E-state index in [2.05, 4.69) is 52.1 Å². The molecule has 0 atom stereocenters. The number of hydrogen-bond donors (Lipinski definition) is 1. The summed E-state index contributed by atoms with van der Waals surface area (Å²) in [6, 6.07) is 8.02. The van der Waals surface area contributed by atoms with Crippen LogP contribution in [-0.4, -0.2) is 20.3 Å². The summed E-state index contributed by atoms with van der Waals surface area (Å²) in [6.07, 6.45) is 1.59. The molecule has 0 aliphatic rings. The van der Waals surface area contributed by atoms with Crippen molar-refractivity contribution in [1.29, 1.82) is 0 Å². The third-order valence-corrected chi connectivity index (χ3v) is 3.00. The molecule has 1 N–H and O–H groups in total. The Labute approximate surface area is 116 Å². The zero-order chi connectivity index (χ0) is 13.2. The number of benzene rings is 1. The van der Waals surface area contributed by atoms with Gasteiger partial charge < -0.3 is 5.32 Å². The maximum atomic E-state index is 4.30. The Hall–Kier alpha value is -1.20. The quantitative estimate of drug-likeness (QED) is 0.948. The predicted octanol–water partition coefficient (Wildman–Crippen LogP) is 2.92. The van der Waals surface area contributed by atoms with Crippen molar-refractivity contribution in [2.24, 2.45) is 0 Å². The Kier molecular flexibility index (Phi) is 3.82. The minimum atomic E-state index is 0.0660. The van der Waals surface area contributed by atoms with E-state index in [1.165, 1.54) is 0 Å². The van der Waals surface area contributed by atoms with Gasteiger partial charge in [-0.3, -0.25) is 0 Å². The predicted molar refractivity (Wildman–Crippen MR) is 75.7 cm³/mol. The Morgan fingerprint density at radius 2 is 1.89 bits per heavy atom. The Morgan fingerprint density at radius 1 is 1.22 bits per heavy atom. The van der Waals surface area contributed by atoms with Crippen LogP contribution in [0.15, 0.2) is 35.1 Å². The molecule has 0 saturated heterocycles. The largest absolute Gasteiger partial charge is 0.305 e. The number of nitrogens with one attached hydrogen (secondary N) is 1. The van der Waals surface area contributed by atoms with E-state index in [0.717, 1.165) is 16.0 Å². The van der Waals surface area contributed by atoms with Gasteiger partial charge in [0.15, 0.2) is 0 Å². The summed E-state index contributed by atoms with van der Waals surface area (Å²) < 4.78 is 2.91. The summed E-state index contributed by atoms with van der Waals surface area (Å²) in [6.45, 7) is 7.09. The molecular weight excluding hydrogens is 292 g/mol. The molecule has 0 amide bonds. The SMILES string of the molecule is CC(C)(C)NCc1ncnn1-c1ccc(Br)cc1. The van der Waals surface area contributed by atoms with Gasteiger partial charge in [-0.1, -0.05) is 15.9 Å². The molecule has 0 saturated carbocycles. The summed E-state index contributed by atoms with van der Waals surface area (Å²) in [4.78, 5) is 4.30. The normalized spacial score (nSPS) is 11.8. The van der Waals surface area contributed by atoms with Gasteiger partial charge in [-0.2, -0.15) is 5.10 Å². The molecule has 0 aliphatic heterocycles. The van der Waals surface area contributed by atoms with Crippen LogP contribution >= 0.6 is 15.9 Å². The smallest absolute Gasteiger partial charge is 0.146 e. The zero-order valence-electron chi connectivity index (χ0n) is 10.8. The average molecular weight is 309 g/mol. The standard InChI is InChI=1S/C13H17BrN4/c1-13(2,3)16-8-12-15-9-17-18(12)11-6-4-10(14)5-7-11/h4-7,9,16H,8H2,1-3H3. The summed E-state index contributed by atoms with van der Waals surface area (Å²) in [5, 5.41) is 7.68. The van der Waals surface area contributed by atoms with Gasteiger partial charge in [0.1, 0.15) is 12.2 Å². The van der Waals surface area contributed by atoms with Crippen molar-refractivity contribution < 1.29 is 0 Å². The van der Waals surface area contributed by atoms with E-state index in [1.807, 2.05) is 28.9 Å². The first-order valence-corrected chi connectivity index (χ1v) is 6.65. The van der Waals surface area contributed by atoms with Crippen LogP contribution in [0, 0.1) is 0 Å². The molecule has 2 rings (SSSR count). The summed E-state index contributed by atoms with van der Waals surface area (Å²) in [5.74, 6) is 0.909. The Balaban J connectivity index is 2.20. The van der Waals surface area contributed by atoms with E-state index >= 15 is 0 Å².